The van der Waals surface area contributed by atoms with Crippen molar-refractivity contribution in [1.82, 2.24) is 10.2 Å². The summed E-state index contributed by atoms with van der Waals surface area (Å²) in [6.45, 7) is 4.48. The van der Waals surface area contributed by atoms with E-state index in [-0.39, 0.29) is 0 Å². The summed E-state index contributed by atoms with van der Waals surface area (Å²) in [4.78, 5) is 2.60. The lowest BCUT2D eigenvalue weighted by molar-refractivity contribution is -0.0499. The standard InChI is InChI=1S/C18H34N2O/c1-3-19-15-6-8-16(9-7-15)20(2)14-17-10-13-18(21-17)11-4-5-12-18/h15-17,19H,3-14H2,1-2H3. The number of rotatable bonds is 5. The summed E-state index contributed by atoms with van der Waals surface area (Å²) in [5, 5.41) is 3.61. The van der Waals surface area contributed by atoms with Crippen molar-refractivity contribution in [3.63, 3.8) is 0 Å². The van der Waals surface area contributed by atoms with Crippen LogP contribution in [0.2, 0.25) is 0 Å². The number of likely N-dealkylation sites (N-methyl/N-ethyl adjacent to an activating group) is 1. The van der Waals surface area contributed by atoms with E-state index in [1.165, 1.54) is 64.2 Å². The first-order chi connectivity index (χ1) is 10.2. The predicted octanol–water partition coefficient (Wildman–Crippen LogP) is 3.33. The first-order valence-electron chi connectivity index (χ1n) is 9.32. The maximum atomic E-state index is 6.48. The monoisotopic (exact) mass is 294 g/mol. The lowest BCUT2D eigenvalue weighted by Gasteiger charge is -2.36. The van der Waals surface area contributed by atoms with Gasteiger partial charge in [-0.3, -0.25) is 0 Å². The van der Waals surface area contributed by atoms with Crippen molar-refractivity contribution in [1.29, 1.82) is 0 Å². The number of hydrogen-bond acceptors (Lipinski definition) is 3. The van der Waals surface area contributed by atoms with Gasteiger partial charge < -0.3 is 15.0 Å². The van der Waals surface area contributed by atoms with Crippen molar-refractivity contribution < 1.29 is 4.74 Å². The van der Waals surface area contributed by atoms with Crippen LogP contribution in [0.5, 0.6) is 0 Å². The molecule has 1 atom stereocenters. The van der Waals surface area contributed by atoms with E-state index in [2.05, 4.69) is 24.2 Å². The molecule has 2 saturated carbocycles. The molecule has 0 radical (unpaired) electrons. The van der Waals surface area contributed by atoms with Crippen molar-refractivity contribution >= 4 is 0 Å². The molecule has 1 unspecified atom stereocenters. The van der Waals surface area contributed by atoms with E-state index in [0.717, 1.165) is 25.2 Å². The summed E-state index contributed by atoms with van der Waals surface area (Å²) in [5.41, 5.74) is 0.300. The molecule has 0 aromatic carbocycles. The normalized spacial score (nSPS) is 35.9. The minimum absolute atomic E-state index is 0.300. The van der Waals surface area contributed by atoms with Gasteiger partial charge in [0.1, 0.15) is 0 Å². The molecule has 1 saturated heterocycles. The van der Waals surface area contributed by atoms with Gasteiger partial charge in [0.05, 0.1) is 11.7 Å². The van der Waals surface area contributed by atoms with Crippen LogP contribution >= 0.6 is 0 Å². The van der Waals surface area contributed by atoms with Crippen LogP contribution in [-0.2, 0) is 4.74 Å². The maximum absolute atomic E-state index is 6.48. The highest BCUT2D eigenvalue weighted by Crippen LogP contribution is 2.43. The van der Waals surface area contributed by atoms with Crippen LogP contribution in [0.1, 0.15) is 71.1 Å². The first-order valence-corrected chi connectivity index (χ1v) is 9.32. The van der Waals surface area contributed by atoms with E-state index in [0.29, 0.717) is 11.7 Å². The van der Waals surface area contributed by atoms with Crippen molar-refractivity contribution in [2.45, 2.75) is 94.9 Å². The molecule has 21 heavy (non-hydrogen) atoms. The molecule has 3 aliphatic rings. The second-order valence-corrected chi connectivity index (χ2v) is 7.67. The van der Waals surface area contributed by atoms with Crippen LogP contribution in [0.15, 0.2) is 0 Å². The number of nitrogens with one attached hydrogen (secondary N) is 1. The summed E-state index contributed by atoms with van der Waals surface area (Å²) in [6, 6.07) is 1.55. The third kappa shape index (κ3) is 3.80. The largest absolute Gasteiger partial charge is 0.370 e. The van der Waals surface area contributed by atoms with Gasteiger partial charge in [0.25, 0.3) is 0 Å². The fourth-order valence-corrected chi connectivity index (χ4v) is 4.89. The Labute approximate surface area is 130 Å². The summed E-state index contributed by atoms with van der Waals surface area (Å²) in [6.07, 6.45) is 13.9. The fraction of sp³-hybridized carbons (Fsp3) is 1.00. The van der Waals surface area contributed by atoms with Crippen LogP contribution in [-0.4, -0.2) is 48.8 Å². The molecular formula is C18H34N2O. The molecular weight excluding hydrogens is 260 g/mol. The summed E-state index contributed by atoms with van der Waals surface area (Å²) in [5.74, 6) is 0. The molecule has 3 fully saturated rings. The van der Waals surface area contributed by atoms with Crippen molar-refractivity contribution in [2.75, 3.05) is 20.1 Å². The van der Waals surface area contributed by atoms with Gasteiger partial charge >= 0.3 is 0 Å². The number of ether oxygens (including phenoxy) is 1. The second-order valence-electron chi connectivity index (χ2n) is 7.67. The Kier molecular flexibility index (Phi) is 5.23. The minimum Gasteiger partial charge on any atom is -0.370 e. The molecule has 1 aliphatic heterocycles. The van der Waals surface area contributed by atoms with Gasteiger partial charge in [-0.15, -0.1) is 0 Å². The average molecular weight is 294 g/mol. The molecule has 0 amide bonds. The molecule has 3 nitrogen and oxygen atoms in total. The molecule has 0 aromatic heterocycles. The Morgan fingerprint density at radius 3 is 2.43 bits per heavy atom. The van der Waals surface area contributed by atoms with E-state index >= 15 is 0 Å². The third-order valence-corrected chi connectivity index (χ3v) is 6.16. The van der Waals surface area contributed by atoms with Gasteiger partial charge in [-0.25, -0.2) is 0 Å². The summed E-state index contributed by atoms with van der Waals surface area (Å²) < 4.78 is 6.48. The van der Waals surface area contributed by atoms with Crippen molar-refractivity contribution in [2.24, 2.45) is 0 Å². The van der Waals surface area contributed by atoms with Crippen LogP contribution in [0.3, 0.4) is 0 Å². The van der Waals surface area contributed by atoms with Gasteiger partial charge in [-0.05, 0) is 65.0 Å². The molecule has 3 heteroatoms. The highest BCUT2D eigenvalue weighted by Gasteiger charge is 2.42. The van der Waals surface area contributed by atoms with Gasteiger partial charge in [0.2, 0.25) is 0 Å². The molecule has 1 spiro atoms. The van der Waals surface area contributed by atoms with Gasteiger partial charge in [-0.2, -0.15) is 0 Å². The Morgan fingerprint density at radius 1 is 1.05 bits per heavy atom. The molecule has 3 rings (SSSR count). The van der Waals surface area contributed by atoms with Gasteiger partial charge in [-0.1, -0.05) is 19.8 Å². The zero-order valence-corrected chi connectivity index (χ0v) is 14.1. The molecule has 1 heterocycles. The Hall–Kier alpha value is -0.120. The summed E-state index contributed by atoms with van der Waals surface area (Å²) in [7, 11) is 2.32. The van der Waals surface area contributed by atoms with E-state index in [9.17, 15) is 0 Å². The predicted molar refractivity (Wildman–Crippen MR) is 87.7 cm³/mol. The molecule has 2 aliphatic carbocycles. The first kappa shape index (κ1) is 15.8. The van der Waals surface area contributed by atoms with Gasteiger partial charge in [0.15, 0.2) is 0 Å². The van der Waals surface area contributed by atoms with Crippen LogP contribution < -0.4 is 5.32 Å². The zero-order valence-electron chi connectivity index (χ0n) is 14.1. The number of nitrogens with zero attached hydrogens (tertiary/aromatic N) is 1. The Balaban J connectivity index is 1.41. The molecule has 1 N–H and O–H groups in total. The van der Waals surface area contributed by atoms with Gasteiger partial charge in [0, 0.05) is 18.6 Å². The smallest absolute Gasteiger partial charge is 0.0710 e. The topological polar surface area (TPSA) is 24.5 Å². The maximum Gasteiger partial charge on any atom is 0.0710 e. The van der Waals surface area contributed by atoms with Crippen LogP contribution in [0.4, 0.5) is 0 Å². The van der Waals surface area contributed by atoms with Crippen LogP contribution in [0.25, 0.3) is 0 Å². The lowest BCUT2D eigenvalue weighted by Crippen LogP contribution is -2.43. The van der Waals surface area contributed by atoms with Crippen LogP contribution in [0, 0.1) is 0 Å². The Morgan fingerprint density at radius 2 is 1.76 bits per heavy atom. The molecule has 0 bridgehead atoms. The quantitative estimate of drug-likeness (QED) is 0.842. The SMILES string of the molecule is CCNC1CCC(N(C)CC2CCC3(CCCC3)O2)CC1. The summed E-state index contributed by atoms with van der Waals surface area (Å²) >= 11 is 0. The molecule has 0 aromatic rings. The highest BCUT2D eigenvalue weighted by atomic mass is 16.5. The number of hydrogen-bond donors (Lipinski definition) is 1. The fourth-order valence-electron chi connectivity index (χ4n) is 4.89. The van der Waals surface area contributed by atoms with E-state index < -0.39 is 0 Å². The molecule has 122 valence electrons. The van der Waals surface area contributed by atoms with E-state index in [4.69, 9.17) is 4.74 Å². The van der Waals surface area contributed by atoms with Crippen molar-refractivity contribution in [3.8, 4) is 0 Å². The van der Waals surface area contributed by atoms with E-state index in [1.54, 1.807) is 0 Å². The lowest BCUT2D eigenvalue weighted by atomic mass is 9.90. The van der Waals surface area contributed by atoms with E-state index in [1.807, 2.05) is 0 Å². The third-order valence-electron chi connectivity index (χ3n) is 6.16. The Bertz CT molecular complexity index is 319. The second kappa shape index (κ2) is 6.97. The average Bonchev–Trinajstić information content (AvgIpc) is 3.11. The minimum atomic E-state index is 0.300. The van der Waals surface area contributed by atoms with Crippen molar-refractivity contribution in [3.05, 3.63) is 0 Å². The zero-order chi connectivity index (χ0) is 14.7. The highest BCUT2D eigenvalue weighted by molar-refractivity contribution is 4.94.